The van der Waals surface area contributed by atoms with E-state index < -0.39 is 5.82 Å². The van der Waals surface area contributed by atoms with Gasteiger partial charge in [0, 0.05) is 13.2 Å². The third-order valence-electron chi connectivity index (χ3n) is 2.24. The predicted molar refractivity (Wildman–Crippen MR) is 62.8 cm³/mol. The average molecular weight is 240 g/mol. The number of aromatic nitrogens is 2. The maximum Gasteiger partial charge on any atom is 0.207 e. The first kappa shape index (κ1) is 11.0. The van der Waals surface area contributed by atoms with Crippen molar-refractivity contribution in [3.05, 3.63) is 40.9 Å². The van der Waals surface area contributed by atoms with Crippen LogP contribution >= 0.6 is 11.6 Å². The largest absolute Gasteiger partial charge is 0.358 e. The summed E-state index contributed by atoms with van der Waals surface area (Å²) in [6.45, 7) is 1.85. The smallest absolute Gasteiger partial charge is 0.207 e. The van der Waals surface area contributed by atoms with Crippen molar-refractivity contribution in [3.63, 3.8) is 0 Å². The zero-order valence-corrected chi connectivity index (χ0v) is 9.72. The Bertz CT molecular complexity index is 522. The highest BCUT2D eigenvalue weighted by Gasteiger charge is 2.12. The lowest BCUT2D eigenvalue weighted by atomic mass is 10.3. The lowest BCUT2D eigenvalue weighted by molar-refractivity contribution is 0.619. The van der Waals surface area contributed by atoms with E-state index in [0.717, 1.165) is 5.69 Å². The van der Waals surface area contributed by atoms with E-state index in [0.29, 0.717) is 11.6 Å². The highest BCUT2D eigenvalue weighted by Crippen LogP contribution is 2.24. The summed E-state index contributed by atoms with van der Waals surface area (Å²) in [5.74, 6) is 0.136. The molecule has 2 aromatic rings. The number of nitrogens with zero attached hydrogens (tertiary/aromatic N) is 2. The van der Waals surface area contributed by atoms with Crippen LogP contribution in [0.2, 0.25) is 5.02 Å². The molecule has 0 fully saturated rings. The monoisotopic (exact) mass is 239 g/mol. The molecule has 2 rings (SSSR count). The molecule has 1 N–H and O–H groups in total. The second kappa shape index (κ2) is 4.14. The van der Waals surface area contributed by atoms with E-state index in [4.69, 9.17) is 11.6 Å². The molecule has 0 amide bonds. The molecule has 0 spiro atoms. The minimum atomic E-state index is -0.446. The first-order valence-corrected chi connectivity index (χ1v) is 5.19. The van der Waals surface area contributed by atoms with Crippen LogP contribution in [0.25, 0.3) is 5.69 Å². The Morgan fingerprint density at radius 3 is 2.88 bits per heavy atom. The van der Waals surface area contributed by atoms with Crippen molar-refractivity contribution in [2.24, 2.45) is 0 Å². The first-order chi connectivity index (χ1) is 7.63. The van der Waals surface area contributed by atoms with Gasteiger partial charge in [-0.25, -0.2) is 9.37 Å². The van der Waals surface area contributed by atoms with E-state index in [9.17, 15) is 4.39 Å². The number of benzene rings is 1. The Labute approximate surface area is 97.9 Å². The number of anilines is 1. The summed E-state index contributed by atoms with van der Waals surface area (Å²) in [6.07, 6.45) is 1.75. The minimum Gasteiger partial charge on any atom is -0.358 e. The van der Waals surface area contributed by atoms with Crippen LogP contribution in [0.15, 0.2) is 24.4 Å². The first-order valence-electron chi connectivity index (χ1n) is 4.81. The standard InChI is InChI=1S/C11H11ClFN3/c1-7-6-16(11(14-2)15-7)9-5-3-4-8(12)10(9)13/h3-6H,1-2H3,(H,14,15). The summed E-state index contributed by atoms with van der Waals surface area (Å²) in [4.78, 5) is 4.22. The summed E-state index contributed by atoms with van der Waals surface area (Å²) >= 11 is 5.74. The van der Waals surface area contributed by atoms with Crippen molar-refractivity contribution >= 4 is 17.5 Å². The van der Waals surface area contributed by atoms with Gasteiger partial charge in [0.05, 0.1) is 16.4 Å². The van der Waals surface area contributed by atoms with E-state index in [-0.39, 0.29) is 5.02 Å². The molecule has 0 saturated carbocycles. The van der Waals surface area contributed by atoms with Gasteiger partial charge >= 0.3 is 0 Å². The Morgan fingerprint density at radius 2 is 2.19 bits per heavy atom. The molecule has 0 aliphatic heterocycles. The topological polar surface area (TPSA) is 29.9 Å². The van der Waals surface area contributed by atoms with Crippen LogP contribution in [0, 0.1) is 12.7 Å². The zero-order chi connectivity index (χ0) is 11.7. The van der Waals surface area contributed by atoms with Gasteiger partial charge in [-0.2, -0.15) is 0 Å². The quantitative estimate of drug-likeness (QED) is 0.873. The van der Waals surface area contributed by atoms with Crippen molar-refractivity contribution in [2.75, 3.05) is 12.4 Å². The summed E-state index contributed by atoms with van der Waals surface area (Å²) in [5, 5.41) is 3.01. The Balaban J connectivity index is 2.62. The van der Waals surface area contributed by atoms with Crippen molar-refractivity contribution in [3.8, 4) is 5.69 Å². The van der Waals surface area contributed by atoms with Gasteiger partial charge in [0.2, 0.25) is 5.95 Å². The van der Waals surface area contributed by atoms with Gasteiger partial charge in [-0.05, 0) is 19.1 Å². The Morgan fingerprint density at radius 1 is 1.44 bits per heavy atom. The molecule has 84 valence electrons. The molecule has 1 aromatic heterocycles. The van der Waals surface area contributed by atoms with Crippen LogP contribution in [-0.4, -0.2) is 16.6 Å². The highest BCUT2D eigenvalue weighted by molar-refractivity contribution is 6.30. The van der Waals surface area contributed by atoms with Gasteiger partial charge in [0.15, 0.2) is 5.82 Å². The molecule has 0 bridgehead atoms. The van der Waals surface area contributed by atoms with Gasteiger partial charge in [0.1, 0.15) is 0 Å². The molecular weight excluding hydrogens is 229 g/mol. The van der Waals surface area contributed by atoms with E-state index in [1.807, 2.05) is 6.92 Å². The van der Waals surface area contributed by atoms with Gasteiger partial charge in [-0.3, -0.25) is 4.57 Å². The fourth-order valence-corrected chi connectivity index (χ4v) is 1.71. The summed E-state index contributed by atoms with van der Waals surface area (Å²) in [7, 11) is 1.74. The second-order valence-corrected chi connectivity index (χ2v) is 3.81. The van der Waals surface area contributed by atoms with E-state index in [2.05, 4.69) is 10.3 Å². The maximum atomic E-state index is 13.8. The van der Waals surface area contributed by atoms with E-state index >= 15 is 0 Å². The predicted octanol–water partition coefficient (Wildman–Crippen LogP) is 3.01. The number of imidazole rings is 1. The molecule has 0 radical (unpaired) electrons. The minimum absolute atomic E-state index is 0.103. The lowest BCUT2D eigenvalue weighted by Gasteiger charge is -2.08. The molecule has 16 heavy (non-hydrogen) atoms. The number of hydrogen-bond donors (Lipinski definition) is 1. The van der Waals surface area contributed by atoms with Crippen LogP contribution in [0.3, 0.4) is 0 Å². The number of aryl methyl sites for hydroxylation is 1. The number of halogens is 2. The molecule has 0 unspecified atom stereocenters. The van der Waals surface area contributed by atoms with Crippen molar-refractivity contribution in [2.45, 2.75) is 6.92 Å². The van der Waals surface area contributed by atoms with Crippen LogP contribution in [-0.2, 0) is 0 Å². The normalized spacial score (nSPS) is 10.5. The fourth-order valence-electron chi connectivity index (χ4n) is 1.54. The van der Waals surface area contributed by atoms with Crippen LogP contribution < -0.4 is 5.32 Å². The Hall–Kier alpha value is -1.55. The Kier molecular flexibility index (Phi) is 2.83. The average Bonchev–Trinajstić information content (AvgIpc) is 2.63. The zero-order valence-electron chi connectivity index (χ0n) is 8.96. The highest BCUT2D eigenvalue weighted by atomic mass is 35.5. The summed E-state index contributed by atoms with van der Waals surface area (Å²) < 4.78 is 15.4. The molecule has 0 atom stereocenters. The van der Waals surface area contributed by atoms with E-state index in [1.165, 1.54) is 6.07 Å². The molecule has 1 heterocycles. The SMILES string of the molecule is CNc1nc(C)cn1-c1cccc(Cl)c1F. The van der Waals surface area contributed by atoms with Gasteiger partial charge < -0.3 is 5.32 Å². The third kappa shape index (κ3) is 1.76. The number of rotatable bonds is 2. The van der Waals surface area contributed by atoms with Crippen molar-refractivity contribution in [1.29, 1.82) is 0 Å². The second-order valence-electron chi connectivity index (χ2n) is 3.40. The van der Waals surface area contributed by atoms with Gasteiger partial charge in [0.25, 0.3) is 0 Å². The molecule has 0 saturated heterocycles. The van der Waals surface area contributed by atoms with Crippen molar-refractivity contribution < 1.29 is 4.39 Å². The molecule has 1 aromatic carbocycles. The third-order valence-corrected chi connectivity index (χ3v) is 2.53. The van der Waals surface area contributed by atoms with Gasteiger partial charge in [-0.1, -0.05) is 17.7 Å². The molecule has 0 aliphatic rings. The summed E-state index contributed by atoms with van der Waals surface area (Å²) in [6, 6.07) is 4.88. The molecule has 5 heteroatoms. The maximum absolute atomic E-state index is 13.8. The van der Waals surface area contributed by atoms with Crippen LogP contribution in [0.4, 0.5) is 10.3 Å². The fraction of sp³-hybridized carbons (Fsp3) is 0.182. The number of nitrogens with one attached hydrogen (secondary N) is 1. The molecule has 3 nitrogen and oxygen atoms in total. The summed E-state index contributed by atoms with van der Waals surface area (Å²) in [5.41, 5.74) is 1.20. The van der Waals surface area contributed by atoms with Crippen molar-refractivity contribution in [1.82, 2.24) is 9.55 Å². The van der Waals surface area contributed by atoms with Gasteiger partial charge in [-0.15, -0.1) is 0 Å². The number of hydrogen-bond acceptors (Lipinski definition) is 2. The lowest BCUT2D eigenvalue weighted by Crippen LogP contribution is -2.02. The van der Waals surface area contributed by atoms with Crippen LogP contribution in [0.5, 0.6) is 0 Å². The van der Waals surface area contributed by atoms with Crippen LogP contribution in [0.1, 0.15) is 5.69 Å². The van der Waals surface area contributed by atoms with E-state index in [1.54, 1.807) is 29.9 Å². The molecular formula is C11H11ClFN3. The molecule has 0 aliphatic carbocycles.